The molecule has 0 amide bonds. The molecule has 1 heterocycles. The predicted molar refractivity (Wildman–Crippen MR) is 54.6 cm³/mol. The summed E-state index contributed by atoms with van der Waals surface area (Å²) in [6, 6.07) is 7.19. The first-order valence-corrected chi connectivity index (χ1v) is 4.20. The van der Waals surface area contributed by atoms with Crippen molar-refractivity contribution in [2.45, 2.75) is 6.92 Å². The van der Waals surface area contributed by atoms with Crippen LogP contribution in [0.1, 0.15) is 5.69 Å². The molecule has 0 radical (unpaired) electrons. The van der Waals surface area contributed by atoms with Crippen molar-refractivity contribution >= 4 is 24.2 Å². The van der Waals surface area contributed by atoms with Crippen LogP contribution in [-0.2, 0) is 0 Å². The summed E-state index contributed by atoms with van der Waals surface area (Å²) in [5.41, 5.74) is 2.30. The predicted octanol–water partition coefficient (Wildman–Crippen LogP) is 0.941. The van der Waals surface area contributed by atoms with Gasteiger partial charge in [-0.2, -0.15) is 0 Å². The normalized spacial score (nSPS) is 10.6. The number of halogens is 1. The first-order valence-electron chi connectivity index (χ1n) is 4.20. The molecule has 0 aliphatic heterocycles. The van der Waals surface area contributed by atoms with Crippen molar-refractivity contribution in [3.8, 4) is 0 Å². The van der Waals surface area contributed by atoms with Crippen LogP contribution in [0.4, 0.5) is 4.39 Å². The molecule has 64 valence electrons. The molecule has 0 aliphatic carbocycles. The Hall–Kier alpha value is -1.38. The Bertz CT molecular complexity index is 468. The van der Waals surface area contributed by atoms with Crippen molar-refractivity contribution < 1.29 is 4.39 Å². The highest BCUT2D eigenvalue weighted by Crippen LogP contribution is 2.11. The van der Waals surface area contributed by atoms with E-state index in [1.807, 2.05) is 25.1 Å². The largest absolute Gasteiger partial charge is 0.253 e. The summed E-state index contributed by atoms with van der Waals surface area (Å²) in [6.45, 7) is 1.90. The molecule has 2 aromatic rings. The van der Waals surface area contributed by atoms with Crippen LogP contribution in [0.2, 0.25) is 0 Å². The van der Waals surface area contributed by atoms with E-state index in [9.17, 15) is 4.39 Å². The third-order valence-electron chi connectivity index (χ3n) is 2.11. The van der Waals surface area contributed by atoms with E-state index in [-0.39, 0.29) is 5.82 Å². The second-order valence-corrected chi connectivity index (χ2v) is 3.25. The molecule has 13 heavy (non-hydrogen) atoms. The Balaban J connectivity index is 2.81. The average Bonchev–Trinajstić information content (AvgIpc) is 2.08. The van der Waals surface area contributed by atoms with Crippen LogP contribution >= 0.6 is 0 Å². The molecule has 1 aromatic heterocycles. The molecule has 0 saturated heterocycles. The minimum absolute atomic E-state index is 0.189. The molecule has 0 N–H and O–H groups in total. The van der Waals surface area contributed by atoms with Crippen molar-refractivity contribution in [1.29, 1.82) is 0 Å². The first-order chi connectivity index (χ1) is 6.16. The van der Waals surface area contributed by atoms with E-state index in [1.165, 1.54) is 6.07 Å². The van der Waals surface area contributed by atoms with Gasteiger partial charge in [-0.1, -0.05) is 17.6 Å². The molecule has 3 heteroatoms. The zero-order valence-corrected chi connectivity index (χ0v) is 7.63. The van der Waals surface area contributed by atoms with Crippen LogP contribution in [0.3, 0.4) is 0 Å². The van der Waals surface area contributed by atoms with Crippen molar-refractivity contribution in [3.05, 3.63) is 35.8 Å². The van der Waals surface area contributed by atoms with Gasteiger partial charge in [-0.15, -0.1) is 0 Å². The number of hydrogen-bond donors (Lipinski definition) is 0. The molecule has 0 spiro atoms. The number of benzene rings is 1. The van der Waals surface area contributed by atoms with Gasteiger partial charge in [0.25, 0.3) is 0 Å². The lowest BCUT2D eigenvalue weighted by Gasteiger charge is -2.01. The molecule has 0 unspecified atom stereocenters. The first kappa shape index (κ1) is 8.23. The molecule has 0 fully saturated rings. The maximum atomic E-state index is 13.1. The third kappa shape index (κ3) is 1.42. The number of aryl methyl sites for hydroxylation is 1. The van der Waals surface area contributed by atoms with Gasteiger partial charge in [0.2, 0.25) is 0 Å². The third-order valence-corrected chi connectivity index (χ3v) is 2.11. The van der Waals surface area contributed by atoms with Crippen LogP contribution in [0, 0.1) is 12.7 Å². The fraction of sp³-hybridized carbons (Fsp3) is 0.100. The molecule has 0 saturated carbocycles. The van der Waals surface area contributed by atoms with Crippen molar-refractivity contribution in [2.24, 2.45) is 0 Å². The minimum atomic E-state index is -0.189. The van der Waals surface area contributed by atoms with E-state index in [0.717, 1.165) is 16.6 Å². The zero-order chi connectivity index (χ0) is 9.42. The van der Waals surface area contributed by atoms with E-state index < -0.39 is 0 Å². The Morgan fingerprint density at radius 2 is 2.08 bits per heavy atom. The van der Waals surface area contributed by atoms with E-state index in [2.05, 4.69) is 4.98 Å². The molecular formula is C10H9BFN. The number of aromatic nitrogens is 1. The average molecular weight is 173 g/mol. The highest BCUT2D eigenvalue weighted by molar-refractivity contribution is 6.33. The standard InChI is InChI=1S/C10H9BFN/c1-6-2-3-7-4-8(11)9(12)5-10(7)13-6/h2-5H,11H2,1H3. The van der Waals surface area contributed by atoms with E-state index in [4.69, 9.17) is 0 Å². The van der Waals surface area contributed by atoms with E-state index in [1.54, 1.807) is 7.85 Å². The van der Waals surface area contributed by atoms with Gasteiger partial charge in [0.05, 0.1) is 5.52 Å². The van der Waals surface area contributed by atoms with Crippen LogP contribution < -0.4 is 5.46 Å². The number of nitrogens with zero attached hydrogens (tertiary/aromatic N) is 1. The second kappa shape index (κ2) is 2.84. The van der Waals surface area contributed by atoms with Gasteiger partial charge in [-0.3, -0.25) is 4.98 Å². The molecule has 1 aromatic carbocycles. The molecular weight excluding hydrogens is 164 g/mol. The summed E-state index contributed by atoms with van der Waals surface area (Å²) in [4.78, 5) is 4.24. The second-order valence-electron chi connectivity index (χ2n) is 3.25. The molecule has 1 nitrogen and oxygen atoms in total. The Labute approximate surface area is 77.0 Å². The van der Waals surface area contributed by atoms with Crippen LogP contribution in [0.15, 0.2) is 24.3 Å². The zero-order valence-electron chi connectivity index (χ0n) is 7.63. The molecule has 0 bridgehead atoms. The summed E-state index contributed by atoms with van der Waals surface area (Å²) in [5, 5.41) is 0.990. The van der Waals surface area contributed by atoms with Crippen molar-refractivity contribution in [2.75, 3.05) is 0 Å². The minimum Gasteiger partial charge on any atom is -0.253 e. The number of rotatable bonds is 0. The van der Waals surface area contributed by atoms with Crippen molar-refractivity contribution in [1.82, 2.24) is 4.98 Å². The molecule has 0 aliphatic rings. The summed E-state index contributed by atoms with van der Waals surface area (Å²) in [7, 11) is 1.76. The Kier molecular flexibility index (Phi) is 1.80. The fourth-order valence-corrected chi connectivity index (χ4v) is 1.36. The number of pyridine rings is 1. The summed E-state index contributed by atoms with van der Waals surface area (Å²) in [6.07, 6.45) is 0. The fourth-order valence-electron chi connectivity index (χ4n) is 1.36. The van der Waals surface area contributed by atoms with Gasteiger partial charge in [0, 0.05) is 5.69 Å². The van der Waals surface area contributed by atoms with Crippen LogP contribution in [0.5, 0.6) is 0 Å². The van der Waals surface area contributed by atoms with E-state index >= 15 is 0 Å². The van der Waals surface area contributed by atoms with Crippen LogP contribution in [-0.4, -0.2) is 12.8 Å². The smallest absolute Gasteiger partial charge is 0.143 e. The van der Waals surface area contributed by atoms with Gasteiger partial charge in [-0.25, -0.2) is 4.39 Å². The van der Waals surface area contributed by atoms with Gasteiger partial charge < -0.3 is 0 Å². The lowest BCUT2D eigenvalue weighted by atomic mass is 9.94. The maximum absolute atomic E-state index is 13.1. The van der Waals surface area contributed by atoms with Gasteiger partial charge in [-0.05, 0) is 24.4 Å². The van der Waals surface area contributed by atoms with Crippen LogP contribution in [0.25, 0.3) is 10.9 Å². The molecule has 0 atom stereocenters. The highest BCUT2D eigenvalue weighted by Gasteiger charge is 2.00. The van der Waals surface area contributed by atoms with Gasteiger partial charge >= 0.3 is 0 Å². The Morgan fingerprint density at radius 1 is 1.31 bits per heavy atom. The molecule has 2 rings (SSSR count). The SMILES string of the molecule is Bc1cc2ccc(C)nc2cc1F. The number of hydrogen-bond acceptors (Lipinski definition) is 1. The Morgan fingerprint density at radius 3 is 2.85 bits per heavy atom. The highest BCUT2D eigenvalue weighted by atomic mass is 19.1. The topological polar surface area (TPSA) is 12.9 Å². The lowest BCUT2D eigenvalue weighted by molar-refractivity contribution is 0.637. The van der Waals surface area contributed by atoms with Gasteiger partial charge in [0.1, 0.15) is 13.7 Å². The number of fused-ring (bicyclic) bond motifs is 1. The monoisotopic (exact) mass is 173 g/mol. The van der Waals surface area contributed by atoms with E-state index in [0.29, 0.717) is 5.46 Å². The van der Waals surface area contributed by atoms with Gasteiger partial charge in [0.15, 0.2) is 0 Å². The summed E-state index contributed by atoms with van der Waals surface area (Å²) >= 11 is 0. The lowest BCUT2D eigenvalue weighted by Crippen LogP contribution is -2.07. The summed E-state index contributed by atoms with van der Waals surface area (Å²) < 4.78 is 13.1. The van der Waals surface area contributed by atoms with Crippen molar-refractivity contribution in [3.63, 3.8) is 0 Å². The quantitative estimate of drug-likeness (QED) is 0.540. The maximum Gasteiger partial charge on any atom is 0.143 e. The summed E-state index contributed by atoms with van der Waals surface area (Å²) in [5.74, 6) is -0.189.